The highest BCUT2D eigenvalue weighted by Gasteiger charge is 2.12. The molecule has 1 amide bonds. The van der Waals surface area contributed by atoms with Crippen molar-refractivity contribution in [2.24, 2.45) is 5.92 Å². The van der Waals surface area contributed by atoms with Gasteiger partial charge < -0.3 is 10.4 Å². The van der Waals surface area contributed by atoms with Gasteiger partial charge in [-0.05, 0) is 34.0 Å². The molecule has 0 spiro atoms. The lowest BCUT2D eigenvalue weighted by Gasteiger charge is -2.14. The molecule has 3 nitrogen and oxygen atoms in total. The molecule has 1 rings (SSSR count). The largest absolute Gasteiger partial charge is 0.391 e. The lowest BCUT2D eigenvalue weighted by atomic mass is 10.1. The average molecular weight is 292 g/mol. The fourth-order valence-electron chi connectivity index (χ4n) is 0.956. The van der Waals surface area contributed by atoms with Gasteiger partial charge in [-0.15, -0.1) is 11.3 Å². The average Bonchev–Trinajstić information content (AvgIpc) is 2.60. The van der Waals surface area contributed by atoms with E-state index in [1.54, 1.807) is 6.07 Å². The smallest absolute Gasteiger partial charge is 0.261 e. The highest BCUT2D eigenvalue weighted by atomic mass is 79.9. The summed E-state index contributed by atoms with van der Waals surface area (Å²) in [7, 11) is 0. The Morgan fingerprint density at radius 3 is 2.73 bits per heavy atom. The van der Waals surface area contributed by atoms with Crippen LogP contribution in [0.1, 0.15) is 23.5 Å². The summed E-state index contributed by atoms with van der Waals surface area (Å²) in [5.41, 5.74) is 0. The third-order valence-electron chi connectivity index (χ3n) is 2.04. The summed E-state index contributed by atoms with van der Waals surface area (Å²) < 4.78 is 0.928. The lowest BCUT2D eigenvalue weighted by Crippen LogP contribution is -2.34. The molecule has 0 bridgehead atoms. The van der Waals surface area contributed by atoms with Crippen LogP contribution < -0.4 is 5.32 Å². The summed E-state index contributed by atoms with van der Waals surface area (Å²) in [4.78, 5) is 12.2. The Kier molecular flexibility index (Phi) is 4.76. The Morgan fingerprint density at radius 1 is 1.60 bits per heavy atom. The SMILES string of the molecule is CC(C)C(O)CNC(=O)c1ccc(Br)s1. The molecule has 0 saturated carbocycles. The molecule has 1 atom stereocenters. The Balaban J connectivity index is 2.43. The molecule has 0 fully saturated rings. The van der Waals surface area contributed by atoms with E-state index in [0.717, 1.165) is 3.79 Å². The monoisotopic (exact) mass is 291 g/mol. The van der Waals surface area contributed by atoms with Crippen molar-refractivity contribution in [2.75, 3.05) is 6.54 Å². The molecule has 15 heavy (non-hydrogen) atoms. The Labute approximate surface area is 102 Å². The van der Waals surface area contributed by atoms with E-state index in [9.17, 15) is 9.90 Å². The van der Waals surface area contributed by atoms with Crippen LogP contribution in [0.5, 0.6) is 0 Å². The summed E-state index contributed by atoms with van der Waals surface area (Å²) in [5.74, 6) is 0.0192. The fraction of sp³-hybridized carbons (Fsp3) is 0.500. The van der Waals surface area contributed by atoms with Gasteiger partial charge in [-0.1, -0.05) is 13.8 Å². The van der Waals surface area contributed by atoms with E-state index in [1.807, 2.05) is 19.9 Å². The zero-order valence-corrected chi connectivity index (χ0v) is 11.1. The zero-order chi connectivity index (χ0) is 11.4. The molecule has 0 aromatic carbocycles. The van der Waals surface area contributed by atoms with Gasteiger partial charge in [-0.2, -0.15) is 0 Å². The first-order valence-electron chi connectivity index (χ1n) is 4.72. The number of carbonyl (C=O) groups is 1. The van der Waals surface area contributed by atoms with Crippen LogP contribution in [0.25, 0.3) is 0 Å². The quantitative estimate of drug-likeness (QED) is 0.894. The second kappa shape index (κ2) is 5.63. The van der Waals surface area contributed by atoms with Crippen LogP contribution in [0.3, 0.4) is 0 Å². The minimum absolute atomic E-state index is 0.134. The van der Waals surface area contributed by atoms with Crippen LogP contribution in [-0.2, 0) is 0 Å². The van der Waals surface area contributed by atoms with Gasteiger partial charge in [0.2, 0.25) is 0 Å². The van der Waals surface area contributed by atoms with Crippen molar-refractivity contribution in [3.8, 4) is 0 Å². The fourth-order valence-corrected chi connectivity index (χ4v) is 2.26. The molecule has 1 unspecified atom stereocenters. The van der Waals surface area contributed by atoms with Gasteiger partial charge in [-0.25, -0.2) is 0 Å². The van der Waals surface area contributed by atoms with E-state index < -0.39 is 6.10 Å². The van der Waals surface area contributed by atoms with E-state index in [4.69, 9.17) is 0 Å². The summed E-state index contributed by atoms with van der Waals surface area (Å²) in [6.45, 7) is 4.13. The molecule has 1 heterocycles. The highest BCUT2D eigenvalue weighted by molar-refractivity contribution is 9.11. The lowest BCUT2D eigenvalue weighted by molar-refractivity contribution is 0.0875. The second-order valence-corrected chi connectivity index (χ2v) is 6.09. The van der Waals surface area contributed by atoms with Crippen LogP contribution in [0, 0.1) is 5.92 Å². The van der Waals surface area contributed by atoms with E-state index in [-0.39, 0.29) is 11.8 Å². The van der Waals surface area contributed by atoms with Crippen molar-refractivity contribution in [3.63, 3.8) is 0 Å². The number of aliphatic hydroxyl groups is 1. The molecule has 84 valence electrons. The minimum atomic E-state index is -0.489. The van der Waals surface area contributed by atoms with Crippen LogP contribution >= 0.6 is 27.3 Å². The van der Waals surface area contributed by atoms with Crippen molar-refractivity contribution >= 4 is 33.2 Å². The second-order valence-electron chi connectivity index (χ2n) is 3.63. The summed E-state index contributed by atoms with van der Waals surface area (Å²) in [6.07, 6.45) is -0.489. The molecule has 1 aromatic heterocycles. The van der Waals surface area contributed by atoms with Gasteiger partial charge in [0.05, 0.1) is 14.8 Å². The Morgan fingerprint density at radius 2 is 2.27 bits per heavy atom. The third-order valence-corrected chi connectivity index (χ3v) is 3.66. The number of carbonyl (C=O) groups excluding carboxylic acids is 1. The van der Waals surface area contributed by atoms with Crippen molar-refractivity contribution in [1.29, 1.82) is 0 Å². The van der Waals surface area contributed by atoms with Crippen molar-refractivity contribution in [2.45, 2.75) is 20.0 Å². The molecule has 5 heteroatoms. The zero-order valence-electron chi connectivity index (χ0n) is 8.66. The first-order chi connectivity index (χ1) is 7.00. The number of thiophene rings is 1. The van der Waals surface area contributed by atoms with Crippen LogP contribution in [-0.4, -0.2) is 23.7 Å². The van der Waals surface area contributed by atoms with E-state index in [2.05, 4.69) is 21.2 Å². The van der Waals surface area contributed by atoms with Gasteiger partial charge in [0, 0.05) is 6.54 Å². The first kappa shape index (κ1) is 12.7. The highest BCUT2D eigenvalue weighted by Crippen LogP contribution is 2.21. The number of amides is 1. The number of nitrogens with one attached hydrogen (secondary N) is 1. The molecule has 0 aliphatic rings. The van der Waals surface area contributed by atoms with Crippen molar-refractivity contribution in [1.82, 2.24) is 5.32 Å². The van der Waals surface area contributed by atoms with Gasteiger partial charge in [0.15, 0.2) is 0 Å². The summed E-state index contributed by atoms with van der Waals surface area (Å²) in [5, 5.41) is 12.2. The molecule has 0 aliphatic carbocycles. The maximum absolute atomic E-state index is 11.6. The molecule has 1 aromatic rings. The predicted octanol–water partition coefficient (Wildman–Crippen LogP) is 2.26. The Bertz CT molecular complexity index is 338. The number of hydrogen-bond acceptors (Lipinski definition) is 3. The molecule has 0 aliphatic heterocycles. The molecule has 0 saturated heterocycles. The topological polar surface area (TPSA) is 49.3 Å². The predicted molar refractivity (Wildman–Crippen MR) is 65.2 cm³/mol. The molecular weight excluding hydrogens is 278 g/mol. The third kappa shape index (κ3) is 3.93. The van der Waals surface area contributed by atoms with Crippen molar-refractivity contribution in [3.05, 3.63) is 20.8 Å². The Hall–Kier alpha value is -0.390. The maximum atomic E-state index is 11.6. The molecular formula is C10H14BrNO2S. The number of rotatable bonds is 4. The van der Waals surface area contributed by atoms with E-state index >= 15 is 0 Å². The van der Waals surface area contributed by atoms with Gasteiger partial charge >= 0.3 is 0 Å². The maximum Gasteiger partial charge on any atom is 0.261 e. The minimum Gasteiger partial charge on any atom is -0.391 e. The first-order valence-corrected chi connectivity index (χ1v) is 6.33. The number of hydrogen-bond donors (Lipinski definition) is 2. The number of halogens is 1. The molecule has 2 N–H and O–H groups in total. The summed E-state index contributed by atoms with van der Waals surface area (Å²) >= 11 is 4.67. The van der Waals surface area contributed by atoms with Crippen LogP contribution in [0.15, 0.2) is 15.9 Å². The molecule has 0 radical (unpaired) electrons. The summed E-state index contributed by atoms with van der Waals surface area (Å²) in [6, 6.07) is 3.59. The van der Waals surface area contributed by atoms with Crippen LogP contribution in [0.4, 0.5) is 0 Å². The van der Waals surface area contributed by atoms with Crippen molar-refractivity contribution < 1.29 is 9.90 Å². The van der Waals surface area contributed by atoms with E-state index in [0.29, 0.717) is 11.4 Å². The van der Waals surface area contributed by atoms with Gasteiger partial charge in [-0.3, -0.25) is 4.79 Å². The van der Waals surface area contributed by atoms with E-state index in [1.165, 1.54) is 11.3 Å². The van der Waals surface area contributed by atoms with Crippen LogP contribution in [0.2, 0.25) is 0 Å². The van der Waals surface area contributed by atoms with Gasteiger partial charge in [0.25, 0.3) is 5.91 Å². The normalized spacial score (nSPS) is 12.9. The van der Waals surface area contributed by atoms with Gasteiger partial charge in [0.1, 0.15) is 0 Å². The number of aliphatic hydroxyl groups excluding tert-OH is 1. The standard InChI is InChI=1S/C10H14BrNO2S/c1-6(2)7(13)5-12-10(14)8-3-4-9(11)15-8/h3-4,6-7,13H,5H2,1-2H3,(H,12,14).